The lowest BCUT2D eigenvalue weighted by atomic mass is 10.0. The predicted octanol–water partition coefficient (Wildman–Crippen LogP) is 2.64. The minimum atomic E-state index is -0.700. The Bertz CT molecular complexity index is 806. The number of nitrogens with zero attached hydrogens (tertiary/aromatic N) is 2. The highest BCUT2D eigenvalue weighted by atomic mass is 16.6. The Hall–Kier alpha value is -3.09. The molecule has 0 fully saturated rings. The lowest BCUT2D eigenvalue weighted by Crippen LogP contribution is -2.43. The largest absolute Gasteiger partial charge is 0.868 e. The molecule has 1 heterocycles. The molecule has 24 heavy (non-hydrogen) atoms. The summed E-state index contributed by atoms with van der Waals surface area (Å²) in [6.45, 7) is 2.45. The summed E-state index contributed by atoms with van der Waals surface area (Å²) < 4.78 is 0. The number of rotatable bonds is 4. The first-order chi connectivity index (χ1) is 11.5. The van der Waals surface area contributed by atoms with Gasteiger partial charge in [0, 0.05) is 23.9 Å². The summed E-state index contributed by atoms with van der Waals surface area (Å²) in [5.41, 5.74) is 1.26. The van der Waals surface area contributed by atoms with E-state index in [4.69, 9.17) is 0 Å². The van der Waals surface area contributed by atoms with Gasteiger partial charge in [0.2, 0.25) is 0 Å². The van der Waals surface area contributed by atoms with E-state index in [1.807, 2.05) is 13.0 Å². The summed E-state index contributed by atoms with van der Waals surface area (Å²) in [6, 6.07) is 11.1. The van der Waals surface area contributed by atoms with Crippen LogP contribution in [0.5, 0.6) is 5.75 Å². The molecule has 0 bridgehead atoms. The topological polar surface area (TPSA) is 98.5 Å². The quantitative estimate of drug-likeness (QED) is 0.688. The van der Waals surface area contributed by atoms with E-state index in [1.165, 1.54) is 18.2 Å². The zero-order valence-corrected chi connectivity index (χ0v) is 13.1. The van der Waals surface area contributed by atoms with Gasteiger partial charge in [-0.05, 0) is 24.3 Å². The first-order valence-electron chi connectivity index (χ1n) is 7.64. The van der Waals surface area contributed by atoms with E-state index in [0.29, 0.717) is 23.4 Å². The van der Waals surface area contributed by atoms with E-state index < -0.39 is 22.5 Å². The van der Waals surface area contributed by atoms with Crippen molar-refractivity contribution in [3.63, 3.8) is 0 Å². The van der Waals surface area contributed by atoms with Crippen molar-refractivity contribution in [3.05, 3.63) is 63.7 Å². The Morgan fingerprint density at radius 2 is 2.00 bits per heavy atom. The van der Waals surface area contributed by atoms with Gasteiger partial charge in [-0.25, -0.2) is 0 Å². The highest BCUT2D eigenvalue weighted by Gasteiger charge is 2.32. The maximum atomic E-state index is 12.8. The molecule has 1 N–H and O–H groups in total. The number of amides is 1. The molecule has 7 nitrogen and oxygen atoms in total. The van der Waals surface area contributed by atoms with Crippen molar-refractivity contribution in [2.24, 2.45) is 0 Å². The number of hydrogen-bond donors (Lipinski definition) is 1. The standard InChI is InChI=1S/C17H17N3O4/c1-2-9-19-16(11-7-8-15(21)14(10-11)20(23)24)18-13-6-4-3-5-12(13)17(19)22/h3-8,10,16,18,21H,2,9H2,1H3/p-1/t16-/m1/s1. The fraction of sp³-hybridized carbons (Fsp3) is 0.235. The molecular formula is C17H16N3O4-. The number of fused-ring (bicyclic) bond motifs is 1. The van der Waals surface area contributed by atoms with E-state index >= 15 is 0 Å². The third kappa shape index (κ3) is 2.64. The van der Waals surface area contributed by atoms with E-state index in [2.05, 4.69) is 5.32 Å². The fourth-order valence-corrected chi connectivity index (χ4v) is 2.87. The second kappa shape index (κ2) is 6.19. The van der Waals surface area contributed by atoms with Gasteiger partial charge in [0.05, 0.1) is 10.5 Å². The van der Waals surface area contributed by atoms with Crippen LogP contribution in [-0.4, -0.2) is 22.3 Å². The van der Waals surface area contributed by atoms with Crippen LogP contribution in [-0.2, 0) is 0 Å². The number of nitrogens with one attached hydrogen (secondary N) is 1. The number of benzene rings is 2. The van der Waals surface area contributed by atoms with Crippen molar-refractivity contribution in [2.45, 2.75) is 19.5 Å². The highest BCUT2D eigenvalue weighted by molar-refractivity contribution is 6.01. The molecule has 0 unspecified atom stereocenters. The van der Waals surface area contributed by atoms with Gasteiger partial charge in [-0.15, -0.1) is 0 Å². The molecule has 0 spiro atoms. The van der Waals surface area contributed by atoms with Crippen molar-refractivity contribution < 1.29 is 14.8 Å². The van der Waals surface area contributed by atoms with Gasteiger partial charge in [-0.1, -0.05) is 31.2 Å². The van der Waals surface area contributed by atoms with Crippen LogP contribution >= 0.6 is 0 Å². The van der Waals surface area contributed by atoms with Crippen molar-refractivity contribution >= 4 is 17.3 Å². The van der Waals surface area contributed by atoms with Crippen LogP contribution in [0.1, 0.15) is 35.4 Å². The molecule has 2 aromatic rings. The van der Waals surface area contributed by atoms with Crippen LogP contribution in [0.25, 0.3) is 0 Å². The number of para-hydroxylation sites is 1. The Balaban J connectivity index is 2.07. The van der Waals surface area contributed by atoms with Gasteiger partial charge < -0.3 is 15.3 Å². The van der Waals surface area contributed by atoms with Crippen molar-refractivity contribution in [1.29, 1.82) is 0 Å². The number of anilines is 1. The average molecular weight is 326 g/mol. The van der Waals surface area contributed by atoms with Gasteiger partial charge in [0.1, 0.15) is 6.17 Å². The van der Waals surface area contributed by atoms with E-state index in [-0.39, 0.29) is 5.91 Å². The van der Waals surface area contributed by atoms with E-state index in [9.17, 15) is 20.0 Å². The fourth-order valence-electron chi connectivity index (χ4n) is 2.87. The van der Waals surface area contributed by atoms with Gasteiger partial charge in [-0.3, -0.25) is 14.9 Å². The number of carbonyl (C=O) groups excluding carboxylic acids is 1. The van der Waals surface area contributed by atoms with Gasteiger partial charge in [-0.2, -0.15) is 0 Å². The molecule has 1 amide bonds. The van der Waals surface area contributed by atoms with E-state index in [1.54, 1.807) is 23.1 Å². The van der Waals surface area contributed by atoms with Crippen molar-refractivity contribution in [2.75, 3.05) is 11.9 Å². The van der Waals surface area contributed by atoms with Crippen LogP contribution in [0.15, 0.2) is 42.5 Å². The summed E-state index contributed by atoms with van der Waals surface area (Å²) in [5.74, 6) is -0.779. The molecule has 7 heteroatoms. The first-order valence-corrected chi connectivity index (χ1v) is 7.64. The average Bonchev–Trinajstić information content (AvgIpc) is 2.57. The third-order valence-electron chi connectivity index (χ3n) is 3.98. The molecule has 0 aliphatic carbocycles. The summed E-state index contributed by atoms with van der Waals surface area (Å²) in [7, 11) is 0. The molecule has 3 rings (SSSR count). The lowest BCUT2D eigenvalue weighted by molar-refractivity contribution is -0.398. The molecule has 1 atom stereocenters. The van der Waals surface area contributed by atoms with Crippen molar-refractivity contribution in [3.8, 4) is 5.75 Å². The monoisotopic (exact) mass is 326 g/mol. The normalized spacial score (nSPS) is 16.5. The van der Waals surface area contributed by atoms with Crippen molar-refractivity contribution in [1.82, 2.24) is 4.90 Å². The second-order valence-corrected chi connectivity index (χ2v) is 5.58. The molecule has 2 aromatic carbocycles. The summed E-state index contributed by atoms with van der Waals surface area (Å²) in [5, 5.41) is 25.9. The Labute approximate surface area is 138 Å². The SMILES string of the molecule is CCCN1C(=O)c2ccccc2N[C@H]1c1ccc([O-])c([N+](=O)[O-])c1. The maximum Gasteiger partial charge on any atom is 0.262 e. The predicted molar refractivity (Wildman–Crippen MR) is 86.7 cm³/mol. The molecule has 124 valence electrons. The minimum Gasteiger partial charge on any atom is -0.868 e. The Morgan fingerprint density at radius 3 is 2.71 bits per heavy atom. The number of nitro groups is 1. The minimum absolute atomic E-state index is 0.134. The van der Waals surface area contributed by atoms with E-state index in [0.717, 1.165) is 6.42 Å². The van der Waals surface area contributed by atoms with Gasteiger partial charge in [0.15, 0.2) is 0 Å². The first kappa shape index (κ1) is 15.8. The molecule has 0 saturated heterocycles. The number of carbonyl (C=O) groups is 1. The molecule has 1 aliphatic rings. The van der Waals surface area contributed by atoms with Crippen LogP contribution in [0.3, 0.4) is 0 Å². The molecule has 1 aliphatic heterocycles. The second-order valence-electron chi connectivity index (χ2n) is 5.58. The molecule has 0 aromatic heterocycles. The summed E-state index contributed by atoms with van der Waals surface area (Å²) in [4.78, 5) is 24.7. The molecular weight excluding hydrogens is 310 g/mol. The van der Waals surface area contributed by atoms with Crippen LogP contribution in [0.4, 0.5) is 11.4 Å². The summed E-state index contributed by atoms with van der Waals surface area (Å²) >= 11 is 0. The maximum absolute atomic E-state index is 12.8. The molecule has 0 radical (unpaired) electrons. The Kier molecular flexibility index (Phi) is 4.07. The van der Waals surface area contributed by atoms with Crippen LogP contribution < -0.4 is 10.4 Å². The van der Waals surface area contributed by atoms with Crippen LogP contribution in [0, 0.1) is 10.1 Å². The van der Waals surface area contributed by atoms with Crippen LogP contribution in [0.2, 0.25) is 0 Å². The van der Waals surface area contributed by atoms with Gasteiger partial charge in [0.25, 0.3) is 11.6 Å². The third-order valence-corrected chi connectivity index (χ3v) is 3.98. The zero-order valence-electron chi connectivity index (χ0n) is 13.1. The smallest absolute Gasteiger partial charge is 0.262 e. The highest BCUT2D eigenvalue weighted by Crippen LogP contribution is 2.35. The zero-order chi connectivity index (χ0) is 17.3. The number of hydrogen-bond acceptors (Lipinski definition) is 5. The number of nitro benzene ring substituents is 1. The summed E-state index contributed by atoms with van der Waals surface area (Å²) in [6.07, 6.45) is 0.194. The van der Waals surface area contributed by atoms with Gasteiger partial charge >= 0.3 is 0 Å². The Morgan fingerprint density at radius 1 is 1.25 bits per heavy atom. The molecule has 0 saturated carbocycles. The lowest BCUT2D eigenvalue weighted by Gasteiger charge is -2.38.